The highest BCUT2D eigenvalue weighted by atomic mass is 16.6. The van der Waals surface area contributed by atoms with Gasteiger partial charge in [-0.25, -0.2) is 0 Å². The van der Waals surface area contributed by atoms with Gasteiger partial charge in [0.2, 0.25) is 0 Å². The van der Waals surface area contributed by atoms with Gasteiger partial charge in [0.25, 0.3) is 0 Å². The first-order chi connectivity index (χ1) is 33.6. The van der Waals surface area contributed by atoms with Gasteiger partial charge in [0.1, 0.15) is 25.2 Å². The van der Waals surface area contributed by atoms with Crippen LogP contribution in [-0.4, -0.2) is 69.9 Å². The summed E-state index contributed by atoms with van der Waals surface area (Å²) in [5.74, 6) is -0.752. The molecule has 7 heteroatoms. The third kappa shape index (κ3) is 49.6. The number of ether oxygens (including phenoxy) is 3. The second-order valence-electron chi connectivity index (χ2n) is 20.9. The number of esters is 3. The van der Waals surface area contributed by atoms with E-state index >= 15 is 0 Å². The number of hydrogen-bond donors (Lipinski definition) is 0. The topological polar surface area (TPSA) is 78.9 Å². The van der Waals surface area contributed by atoms with E-state index in [1.165, 1.54) is 77.0 Å². The number of unbranched alkanes of at least 4 members (excludes halogenated alkanes) is 24. The Labute approximate surface area is 427 Å². The summed E-state index contributed by atoms with van der Waals surface area (Å²) in [4.78, 5) is 39.4. The minimum atomic E-state index is -0.853. The standard InChI is InChI=1S/C62H110NO6/c1-7-10-13-16-19-22-25-28-31-34-37-40-43-46-49-52-59(64)67-56-62(55-63(4,5)6,57-68-60(65)53-50-47-44-41-38-35-32-29-26-23-20-17-14-11-8-2)58-69-61(66)54-51-48-45-42-39-36-33-30-27-24-21-18-15-12-9-3/h19-24,28-33H,7-18,25-27,34-58H2,1-6H3/q+1/b22-19-,23-20-,24-21-,31-28-,32-29-,33-30-. The second-order valence-corrected chi connectivity index (χ2v) is 20.9. The van der Waals surface area contributed by atoms with E-state index in [0.29, 0.717) is 30.3 Å². The molecule has 0 bridgehead atoms. The van der Waals surface area contributed by atoms with Gasteiger partial charge in [0.05, 0.1) is 27.7 Å². The van der Waals surface area contributed by atoms with E-state index in [2.05, 4.69) is 115 Å². The van der Waals surface area contributed by atoms with Gasteiger partial charge in [0.15, 0.2) is 0 Å². The molecular formula is C62H110NO6+. The Kier molecular flexibility index (Phi) is 47.5. The van der Waals surface area contributed by atoms with Crippen LogP contribution in [0.1, 0.15) is 252 Å². The van der Waals surface area contributed by atoms with Crippen LogP contribution in [-0.2, 0) is 28.6 Å². The van der Waals surface area contributed by atoms with Crippen LogP contribution >= 0.6 is 0 Å². The SMILES string of the molecule is CCCCC/C=C\C/C=C\CCCCCCCC(=O)OCC(COC(=O)CCCCCCC/C=C\C/C=C\CCCCC)(COC(=O)CCCCCCC/C=C\C/C=C\CCCCC)C[N+](C)(C)C. The van der Waals surface area contributed by atoms with Crippen LogP contribution in [0.4, 0.5) is 0 Å². The van der Waals surface area contributed by atoms with Crippen LogP contribution in [0.5, 0.6) is 0 Å². The summed E-state index contributed by atoms with van der Waals surface area (Å²) in [6.45, 7) is 7.35. The molecule has 0 saturated heterocycles. The maximum absolute atomic E-state index is 13.1. The molecule has 0 heterocycles. The molecule has 0 radical (unpaired) electrons. The molecule has 0 aliphatic rings. The number of rotatable bonds is 50. The number of carbonyl (C=O) groups is 3. The van der Waals surface area contributed by atoms with E-state index in [1.807, 2.05) is 0 Å². The molecule has 0 spiro atoms. The van der Waals surface area contributed by atoms with Gasteiger partial charge < -0.3 is 18.7 Å². The first-order valence-electron chi connectivity index (χ1n) is 28.7. The summed E-state index contributed by atoms with van der Waals surface area (Å²) < 4.78 is 18.4. The van der Waals surface area contributed by atoms with Gasteiger partial charge in [-0.2, -0.15) is 0 Å². The van der Waals surface area contributed by atoms with Gasteiger partial charge in [-0.3, -0.25) is 14.4 Å². The van der Waals surface area contributed by atoms with Gasteiger partial charge >= 0.3 is 17.9 Å². The first-order valence-corrected chi connectivity index (χ1v) is 28.7. The number of hydrogen-bond acceptors (Lipinski definition) is 6. The van der Waals surface area contributed by atoms with Crippen molar-refractivity contribution in [2.24, 2.45) is 5.41 Å². The molecule has 0 atom stereocenters. The van der Waals surface area contributed by atoms with Crippen LogP contribution in [0.15, 0.2) is 72.9 Å². The van der Waals surface area contributed by atoms with E-state index in [4.69, 9.17) is 14.2 Å². The monoisotopic (exact) mass is 965 g/mol. The van der Waals surface area contributed by atoms with Crippen molar-refractivity contribution in [1.82, 2.24) is 0 Å². The zero-order chi connectivity index (χ0) is 50.6. The molecule has 0 fully saturated rings. The minimum absolute atomic E-state index is 0.0373. The summed E-state index contributed by atoms with van der Waals surface area (Å²) in [7, 11) is 6.19. The zero-order valence-corrected chi connectivity index (χ0v) is 46.1. The lowest BCUT2D eigenvalue weighted by atomic mass is 9.89. The quantitative estimate of drug-likeness (QED) is 0.0199. The molecule has 0 aromatic carbocycles. The van der Waals surface area contributed by atoms with E-state index in [1.54, 1.807) is 0 Å². The molecule has 0 rings (SSSR count). The van der Waals surface area contributed by atoms with Gasteiger partial charge in [-0.1, -0.05) is 190 Å². The number of carbonyl (C=O) groups excluding carboxylic acids is 3. The molecule has 398 valence electrons. The van der Waals surface area contributed by atoms with E-state index < -0.39 is 5.41 Å². The van der Waals surface area contributed by atoms with Crippen LogP contribution in [0.3, 0.4) is 0 Å². The van der Waals surface area contributed by atoms with Crippen molar-refractivity contribution < 1.29 is 33.1 Å². The van der Waals surface area contributed by atoms with Crippen LogP contribution in [0.2, 0.25) is 0 Å². The van der Waals surface area contributed by atoms with Crippen LogP contribution in [0, 0.1) is 5.41 Å². The Bertz CT molecular complexity index is 1220. The van der Waals surface area contributed by atoms with E-state index in [-0.39, 0.29) is 37.7 Å². The lowest BCUT2D eigenvalue weighted by Gasteiger charge is -2.38. The lowest BCUT2D eigenvalue weighted by Crippen LogP contribution is -2.52. The molecule has 0 saturated carbocycles. The Hall–Kier alpha value is -3.19. The Morgan fingerprint density at radius 1 is 0.333 bits per heavy atom. The maximum Gasteiger partial charge on any atom is 0.305 e. The van der Waals surface area contributed by atoms with Gasteiger partial charge in [-0.05, 0) is 116 Å². The first kappa shape index (κ1) is 65.8. The van der Waals surface area contributed by atoms with E-state index in [9.17, 15) is 14.4 Å². The second kappa shape index (κ2) is 49.8. The third-order valence-corrected chi connectivity index (χ3v) is 12.4. The highest BCUT2D eigenvalue weighted by molar-refractivity contribution is 5.70. The fourth-order valence-electron chi connectivity index (χ4n) is 8.43. The zero-order valence-electron chi connectivity index (χ0n) is 46.1. The third-order valence-electron chi connectivity index (χ3n) is 12.4. The lowest BCUT2D eigenvalue weighted by molar-refractivity contribution is -0.877. The Morgan fingerprint density at radius 3 is 0.812 bits per heavy atom. The van der Waals surface area contributed by atoms with E-state index in [0.717, 1.165) is 135 Å². The molecule has 0 aromatic rings. The van der Waals surface area contributed by atoms with Crippen LogP contribution < -0.4 is 0 Å². The fraction of sp³-hybridized carbons (Fsp3) is 0.758. The minimum Gasteiger partial charge on any atom is -0.465 e. The fourth-order valence-corrected chi connectivity index (χ4v) is 8.43. The molecule has 0 aliphatic carbocycles. The van der Waals surface area contributed by atoms with Crippen molar-refractivity contribution in [3.63, 3.8) is 0 Å². The highest BCUT2D eigenvalue weighted by Crippen LogP contribution is 2.25. The number of quaternary nitrogens is 1. The molecule has 0 N–H and O–H groups in total. The molecule has 0 aromatic heterocycles. The summed E-state index contributed by atoms with van der Waals surface area (Å²) in [6, 6.07) is 0. The summed E-state index contributed by atoms with van der Waals surface area (Å²) in [5, 5.41) is 0. The maximum atomic E-state index is 13.1. The van der Waals surface area contributed by atoms with Crippen molar-refractivity contribution in [2.75, 3.05) is 47.5 Å². The number of allylic oxidation sites excluding steroid dienone is 12. The number of nitrogens with zero attached hydrogens (tertiary/aromatic N) is 1. The molecule has 0 unspecified atom stereocenters. The van der Waals surface area contributed by atoms with Crippen molar-refractivity contribution in [3.05, 3.63) is 72.9 Å². The normalized spacial score (nSPS) is 12.6. The van der Waals surface area contributed by atoms with Crippen molar-refractivity contribution in [1.29, 1.82) is 0 Å². The predicted molar refractivity (Wildman–Crippen MR) is 296 cm³/mol. The van der Waals surface area contributed by atoms with Crippen molar-refractivity contribution in [2.45, 2.75) is 252 Å². The molecule has 69 heavy (non-hydrogen) atoms. The summed E-state index contributed by atoms with van der Waals surface area (Å²) in [5.41, 5.74) is -0.853. The Balaban J connectivity index is 5.01. The average molecular weight is 966 g/mol. The van der Waals surface area contributed by atoms with Gasteiger partial charge in [0, 0.05) is 19.3 Å². The van der Waals surface area contributed by atoms with Crippen LogP contribution in [0.25, 0.3) is 0 Å². The largest absolute Gasteiger partial charge is 0.465 e. The average Bonchev–Trinajstić information content (AvgIpc) is 3.32. The highest BCUT2D eigenvalue weighted by Gasteiger charge is 2.41. The molecule has 0 aliphatic heterocycles. The molecule has 0 amide bonds. The van der Waals surface area contributed by atoms with Crippen molar-refractivity contribution in [3.8, 4) is 0 Å². The summed E-state index contributed by atoms with van der Waals surface area (Å²) >= 11 is 0. The Morgan fingerprint density at radius 2 is 0.565 bits per heavy atom. The molecule has 7 nitrogen and oxygen atoms in total. The summed E-state index contributed by atoms with van der Waals surface area (Å²) in [6.07, 6.45) is 65.5. The smallest absolute Gasteiger partial charge is 0.305 e. The molecular weight excluding hydrogens is 855 g/mol. The van der Waals surface area contributed by atoms with Crippen molar-refractivity contribution >= 4 is 17.9 Å². The predicted octanol–water partition coefficient (Wildman–Crippen LogP) is 17.7. The van der Waals surface area contributed by atoms with Gasteiger partial charge in [-0.15, -0.1) is 0 Å².